The van der Waals surface area contributed by atoms with Crippen LogP contribution in [0.3, 0.4) is 0 Å². The molecule has 2 aromatic carbocycles. The lowest BCUT2D eigenvalue weighted by atomic mass is 10.0. The van der Waals surface area contributed by atoms with Crippen LogP contribution in [-0.2, 0) is 11.3 Å². The molecule has 0 saturated carbocycles. The van der Waals surface area contributed by atoms with Gasteiger partial charge in [0, 0.05) is 33.6 Å². The van der Waals surface area contributed by atoms with Crippen LogP contribution in [0.1, 0.15) is 11.8 Å². The summed E-state index contributed by atoms with van der Waals surface area (Å²) in [7, 11) is 0. The van der Waals surface area contributed by atoms with E-state index in [4.69, 9.17) is 0 Å². The summed E-state index contributed by atoms with van der Waals surface area (Å²) in [5.41, 5.74) is 3.92. The number of nitrogens with zero attached hydrogens (tertiary/aromatic N) is 3. The minimum Gasteiger partial charge on any atom is -0.325 e. The average Bonchev–Trinajstić information content (AvgIpc) is 3.37. The Bertz CT molecular complexity index is 1190. The molecule has 0 fully saturated rings. The normalized spacial score (nSPS) is 10.9. The zero-order chi connectivity index (χ0) is 21.8. The molecule has 0 aliphatic carbocycles. The van der Waals surface area contributed by atoms with Crippen molar-refractivity contribution < 1.29 is 9.18 Å². The molecule has 1 N–H and O–H groups in total. The quantitative estimate of drug-likeness (QED) is 0.356. The van der Waals surface area contributed by atoms with Crippen molar-refractivity contribution >= 4 is 34.7 Å². The average molecular weight is 453 g/mol. The lowest BCUT2D eigenvalue weighted by molar-refractivity contribution is -0.113. The third-order valence-electron chi connectivity index (χ3n) is 4.77. The van der Waals surface area contributed by atoms with E-state index in [1.807, 2.05) is 29.7 Å². The van der Waals surface area contributed by atoms with Crippen molar-refractivity contribution in [2.75, 3.05) is 11.1 Å². The third kappa shape index (κ3) is 4.70. The van der Waals surface area contributed by atoms with Gasteiger partial charge in [0.15, 0.2) is 11.0 Å². The number of thioether (sulfide) groups is 1. The Morgan fingerprint density at radius 3 is 2.58 bits per heavy atom. The van der Waals surface area contributed by atoms with Gasteiger partial charge in [0.05, 0.1) is 5.75 Å². The van der Waals surface area contributed by atoms with Gasteiger partial charge in [-0.05, 0) is 43.7 Å². The van der Waals surface area contributed by atoms with Gasteiger partial charge in [-0.1, -0.05) is 42.1 Å². The molecule has 0 spiro atoms. The summed E-state index contributed by atoms with van der Waals surface area (Å²) >= 11 is 3.02. The number of rotatable bonds is 7. The van der Waals surface area contributed by atoms with Crippen molar-refractivity contribution in [3.63, 3.8) is 0 Å². The second kappa shape index (κ2) is 9.45. The number of benzene rings is 2. The minimum absolute atomic E-state index is 0.180. The smallest absolute Gasteiger partial charge is 0.234 e. The van der Waals surface area contributed by atoms with Gasteiger partial charge < -0.3 is 9.88 Å². The lowest BCUT2D eigenvalue weighted by Gasteiger charge is -2.09. The Morgan fingerprint density at radius 1 is 1.13 bits per heavy atom. The second-order valence-corrected chi connectivity index (χ2v) is 8.87. The van der Waals surface area contributed by atoms with E-state index in [1.54, 1.807) is 11.3 Å². The molecule has 2 heterocycles. The van der Waals surface area contributed by atoms with Crippen molar-refractivity contribution in [1.29, 1.82) is 0 Å². The monoisotopic (exact) mass is 452 g/mol. The summed E-state index contributed by atoms with van der Waals surface area (Å²) < 4.78 is 15.1. The van der Waals surface area contributed by atoms with Crippen LogP contribution in [0.4, 0.5) is 10.1 Å². The van der Waals surface area contributed by atoms with Gasteiger partial charge in [-0.3, -0.25) is 4.79 Å². The summed E-state index contributed by atoms with van der Waals surface area (Å²) in [6.45, 7) is 4.84. The first kappa shape index (κ1) is 21.3. The van der Waals surface area contributed by atoms with Crippen LogP contribution in [0.5, 0.6) is 0 Å². The van der Waals surface area contributed by atoms with E-state index in [9.17, 15) is 9.18 Å². The number of carbonyl (C=O) groups is 1. The highest BCUT2D eigenvalue weighted by molar-refractivity contribution is 7.99. The van der Waals surface area contributed by atoms with Crippen molar-refractivity contribution in [2.24, 2.45) is 0 Å². The molecule has 0 aliphatic heterocycles. The van der Waals surface area contributed by atoms with Crippen molar-refractivity contribution in [3.05, 3.63) is 70.7 Å². The summed E-state index contributed by atoms with van der Waals surface area (Å²) in [5, 5.41) is 14.4. The molecule has 4 aromatic rings. The van der Waals surface area contributed by atoms with Crippen LogP contribution >= 0.6 is 23.1 Å². The highest BCUT2D eigenvalue weighted by Crippen LogP contribution is 2.39. The largest absolute Gasteiger partial charge is 0.325 e. The number of halogens is 1. The SMILES string of the molecule is CCn1c(SCC(=O)Nc2ccc(F)cc2)nnc1-c1csc(C)c1-c1ccccc1. The van der Waals surface area contributed by atoms with Gasteiger partial charge in [-0.25, -0.2) is 4.39 Å². The number of hydrogen-bond acceptors (Lipinski definition) is 5. The first-order valence-electron chi connectivity index (χ1n) is 9.82. The summed E-state index contributed by atoms with van der Waals surface area (Å²) in [5.74, 6) is 0.464. The van der Waals surface area contributed by atoms with Crippen molar-refractivity contribution in [3.8, 4) is 22.5 Å². The third-order valence-corrected chi connectivity index (χ3v) is 6.65. The number of nitrogens with one attached hydrogen (secondary N) is 1. The maximum Gasteiger partial charge on any atom is 0.234 e. The van der Waals surface area contributed by atoms with Crippen LogP contribution in [0.2, 0.25) is 0 Å². The van der Waals surface area contributed by atoms with E-state index in [0.29, 0.717) is 17.4 Å². The van der Waals surface area contributed by atoms with E-state index in [-0.39, 0.29) is 17.5 Å². The van der Waals surface area contributed by atoms with Gasteiger partial charge in [-0.2, -0.15) is 0 Å². The number of hydrogen-bond donors (Lipinski definition) is 1. The van der Waals surface area contributed by atoms with E-state index in [2.05, 4.69) is 40.0 Å². The van der Waals surface area contributed by atoms with Crippen molar-refractivity contribution in [1.82, 2.24) is 14.8 Å². The standard InChI is InChI=1S/C23H21FN4OS2/c1-3-28-22(19-13-30-15(2)21(19)16-7-5-4-6-8-16)26-27-23(28)31-14-20(29)25-18-11-9-17(24)10-12-18/h4-13H,3,14H2,1-2H3,(H,25,29). The Morgan fingerprint density at radius 2 is 1.87 bits per heavy atom. The van der Waals surface area contributed by atoms with Crippen LogP contribution in [0, 0.1) is 12.7 Å². The second-order valence-electron chi connectivity index (χ2n) is 6.84. The van der Waals surface area contributed by atoms with E-state index >= 15 is 0 Å². The van der Waals surface area contributed by atoms with Crippen LogP contribution < -0.4 is 5.32 Å². The topological polar surface area (TPSA) is 59.8 Å². The van der Waals surface area contributed by atoms with Gasteiger partial charge in [0.2, 0.25) is 5.91 Å². The maximum atomic E-state index is 13.0. The number of aromatic nitrogens is 3. The Labute approximate surface area is 188 Å². The summed E-state index contributed by atoms with van der Waals surface area (Å²) in [4.78, 5) is 13.5. The zero-order valence-electron chi connectivity index (χ0n) is 17.1. The van der Waals surface area contributed by atoms with Gasteiger partial charge in [-0.15, -0.1) is 21.5 Å². The van der Waals surface area contributed by atoms with E-state index in [1.165, 1.54) is 46.5 Å². The number of thiophene rings is 1. The van der Waals surface area contributed by atoms with Gasteiger partial charge in [0.25, 0.3) is 0 Å². The Balaban J connectivity index is 1.54. The zero-order valence-corrected chi connectivity index (χ0v) is 18.8. The molecule has 0 radical (unpaired) electrons. The first-order chi connectivity index (χ1) is 15.1. The molecule has 2 aromatic heterocycles. The summed E-state index contributed by atoms with van der Waals surface area (Å²) in [6.07, 6.45) is 0. The number of carbonyl (C=O) groups excluding carboxylic acids is 1. The van der Waals surface area contributed by atoms with Crippen LogP contribution in [0.25, 0.3) is 22.5 Å². The molecule has 0 unspecified atom stereocenters. The molecule has 0 atom stereocenters. The Hall–Kier alpha value is -2.97. The molecule has 158 valence electrons. The molecular formula is C23H21FN4OS2. The lowest BCUT2D eigenvalue weighted by Crippen LogP contribution is -2.14. The van der Waals surface area contributed by atoms with Crippen LogP contribution in [0.15, 0.2) is 65.1 Å². The predicted molar refractivity (Wildman–Crippen MR) is 125 cm³/mol. The van der Waals surface area contributed by atoms with E-state index in [0.717, 1.165) is 17.0 Å². The fourth-order valence-corrected chi connectivity index (χ4v) is 4.99. The molecule has 4 rings (SSSR count). The highest BCUT2D eigenvalue weighted by atomic mass is 32.2. The molecule has 8 heteroatoms. The van der Waals surface area contributed by atoms with Gasteiger partial charge >= 0.3 is 0 Å². The maximum absolute atomic E-state index is 13.0. The van der Waals surface area contributed by atoms with Crippen molar-refractivity contribution in [2.45, 2.75) is 25.5 Å². The first-order valence-corrected chi connectivity index (χ1v) is 11.7. The van der Waals surface area contributed by atoms with E-state index < -0.39 is 0 Å². The fraction of sp³-hybridized carbons (Fsp3) is 0.174. The number of anilines is 1. The Kier molecular flexibility index (Phi) is 6.48. The van der Waals surface area contributed by atoms with Crippen LogP contribution in [-0.4, -0.2) is 26.4 Å². The minimum atomic E-state index is -0.338. The molecule has 0 aliphatic rings. The number of amides is 1. The molecule has 5 nitrogen and oxygen atoms in total. The molecule has 1 amide bonds. The number of aryl methyl sites for hydroxylation is 1. The highest BCUT2D eigenvalue weighted by Gasteiger charge is 2.20. The molecule has 0 saturated heterocycles. The predicted octanol–water partition coefficient (Wildman–Crippen LogP) is 5.87. The molecular weight excluding hydrogens is 431 g/mol. The molecule has 31 heavy (non-hydrogen) atoms. The fourth-order valence-electron chi connectivity index (χ4n) is 3.32. The van der Waals surface area contributed by atoms with Gasteiger partial charge in [0.1, 0.15) is 5.82 Å². The molecule has 0 bridgehead atoms. The summed E-state index contributed by atoms with van der Waals surface area (Å²) in [6, 6.07) is 16.0.